The molecule has 1 aliphatic carbocycles. The molecule has 1 rings (SSSR count). The third kappa shape index (κ3) is 6.02. The zero-order valence-corrected chi connectivity index (χ0v) is 10.6. The van der Waals surface area contributed by atoms with Gasteiger partial charge in [-0.15, -0.1) is 0 Å². The van der Waals surface area contributed by atoms with E-state index in [0.29, 0.717) is 10.5 Å². The lowest BCUT2D eigenvalue weighted by atomic mass is 10.0. The summed E-state index contributed by atoms with van der Waals surface area (Å²) in [5, 5.41) is 1.22. The summed E-state index contributed by atoms with van der Waals surface area (Å²) in [6.07, 6.45) is 14.7. The van der Waals surface area contributed by atoms with Gasteiger partial charge in [-0.05, 0) is 38.5 Å². The van der Waals surface area contributed by atoms with Crippen LogP contribution in [0.5, 0.6) is 0 Å². The summed E-state index contributed by atoms with van der Waals surface area (Å²) >= 11 is 9.19. The molecular weight excluding hydrogens is 208 g/mol. The van der Waals surface area contributed by atoms with Crippen molar-refractivity contribution in [2.45, 2.75) is 61.9 Å². The van der Waals surface area contributed by atoms with Gasteiger partial charge in [0, 0.05) is 10.5 Å². The Morgan fingerprint density at radius 2 is 1.14 bits per heavy atom. The quantitative estimate of drug-likeness (QED) is 0.450. The zero-order valence-electron chi connectivity index (χ0n) is 8.86. The van der Waals surface area contributed by atoms with Crippen molar-refractivity contribution < 1.29 is 0 Å². The lowest BCUT2D eigenvalue weighted by Crippen LogP contribution is -2.02. The summed E-state index contributed by atoms with van der Waals surface area (Å²) in [5.74, 6) is 0. The van der Waals surface area contributed by atoms with Crippen molar-refractivity contribution in [3.63, 3.8) is 0 Å². The van der Waals surface area contributed by atoms with Gasteiger partial charge in [0.2, 0.25) is 0 Å². The number of thiol groups is 2. The Morgan fingerprint density at radius 1 is 0.714 bits per heavy atom. The molecule has 1 aliphatic rings. The third-order valence-corrected chi connectivity index (χ3v) is 3.86. The van der Waals surface area contributed by atoms with E-state index < -0.39 is 0 Å². The van der Waals surface area contributed by atoms with E-state index in [1.165, 1.54) is 51.4 Å². The molecule has 0 heterocycles. The Bertz CT molecular complexity index is 148. The second kappa shape index (κ2) is 7.70. The predicted molar refractivity (Wildman–Crippen MR) is 71.6 cm³/mol. The molecule has 14 heavy (non-hydrogen) atoms. The number of rotatable bonds is 0. The predicted octanol–water partition coefficient (Wildman–Crippen LogP) is 4.27. The van der Waals surface area contributed by atoms with Gasteiger partial charge in [-0.1, -0.05) is 25.0 Å². The van der Waals surface area contributed by atoms with E-state index in [0.717, 1.165) is 0 Å². The van der Waals surface area contributed by atoms with Crippen LogP contribution in [-0.4, -0.2) is 10.5 Å². The first-order chi connectivity index (χ1) is 6.79. The first kappa shape index (κ1) is 12.5. The van der Waals surface area contributed by atoms with Crippen LogP contribution in [0.25, 0.3) is 0 Å². The molecule has 0 fully saturated rings. The molecule has 2 atom stereocenters. The summed E-state index contributed by atoms with van der Waals surface area (Å²) in [7, 11) is 0. The highest BCUT2D eigenvalue weighted by molar-refractivity contribution is 7.81. The standard InChI is InChI=1S/C12H22S2/c13-11-7-3-1-2-4-8-12(14)10-6-5-9-11/h1-2,11-14H,3-10H2. The Hall–Kier alpha value is 0.440. The van der Waals surface area contributed by atoms with Crippen LogP contribution in [-0.2, 0) is 0 Å². The van der Waals surface area contributed by atoms with E-state index in [-0.39, 0.29) is 0 Å². The minimum Gasteiger partial charge on any atom is -0.176 e. The average Bonchev–Trinajstić information content (AvgIpc) is 2.16. The summed E-state index contributed by atoms with van der Waals surface area (Å²) in [6, 6.07) is 0. The fraction of sp³-hybridized carbons (Fsp3) is 0.833. The van der Waals surface area contributed by atoms with Crippen molar-refractivity contribution in [2.24, 2.45) is 0 Å². The van der Waals surface area contributed by atoms with Gasteiger partial charge in [0.1, 0.15) is 0 Å². The second-order valence-electron chi connectivity index (χ2n) is 4.22. The van der Waals surface area contributed by atoms with Crippen molar-refractivity contribution in [3.05, 3.63) is 12.2 Å². The first-order valence-corrected chi connectivity index (χ1v) is 6.83. The number of allylic oxidation sites excluding steroid dienone is 2. The maximum Gasteiger partial charge on any atom is 0.00197 e. The molecule has 0 spiro atoms. The van der Waals surface area contributed by atoms with Crippen molar-refractivity contribution >= 4 is 25.3 Å². The second-order valence-corrected chi connectivity index (χ2v) is 5.68. The van der Waals surface area contributed by atoms with Gasteiger partial charge >= 0.3 is 0 Å². The van der Waals surface area contributed by atoms with Crippen molar-refractivity contribution in [1.82, 2.24) is 0 Å². The molecule has 0 aromatic heterocycles. The fourth-order valence-electron chi connectivity index (χ4n) is 1.86. The molecule has 0 aromatic carbocycles. The lowest BCUT2D eigenvalue weighted by Gasteiger charge is -2.12. The molecule has 0 radical (unpaired) electrons. The van der Waals surface area contributed by atoms with Crippen LogP contribution < -0.4 is 0 Å². The van der Waals surface area contributed by atoms with Gasteiger partial charge in [-0.25, -0.2) is 0 Å². The van der Waals surface area contributed by atoms with Crippen LogP contribution in [0.1, 0.15) is 51.4 Å². The monoisotopic (exact) mass is 230 g/mol. The minimum absolute atomic E-state index is 0.609. The van der Waals surface area contributed by atoms with Gasteiger partial charge in [0.05, 0.1) is 0 Å². The van der Waals surface area contributed by atoms with Crippen LogP contribution in [0.15, 0.2) is 12.2 Å². The molecule has 0 saturated heterocycles. The average molecular weight is 230 g/mol. The van der Waals surface area contributed by atoms with E-state index in [2.05, 4.69) is 37.4 Å². The summed E-state index contributed by atoms with van der Waals surface area (Å²) in [5.41, 5.74) is 0. The number of hydrogen-bond donors (Lipinski definition) is 2. The van der Waals surface area contributed by atoms with Crippen LogP contribution >= 0.6 is 25.3 Å². The maximum absolute atomic E-state index is 4.59. The minimum atomic E-state index is 0.609. The molecule has 0 amide bonds. The smallest absolute Gasteiger partial charge is 0.00197 e. The highest BCUT2D eigenvalue weighted by Gasteiger charge is 2.05. The van der Waals surface area contributed by atoms with E-state index in [9.17, 15) is 0 Å². The van der Waals surface area contributed by atoms with Crippen molar-refractivity contribution in [2.75, 3.05) is 0 Å². The summed E-state index contributed by atoms with van der Waals surface area (Å²) in [4.78, 5) is 0. The molecule has 0 nitrogen and oxygen atoms in total. The Labute approximate surface area is 99.4 Å². The van der Waals surface area contributed by atoms with Crippen molar-refractivity contribution in [3.8, 4) is 0 Å². The molecule has 0 aliphatic heterocycles. The van der Waals surface area contributed by atoms with Crippen LogP contribution in [0.4, 0.5) is 0 Å². The normalized spacial score (nSPS) is 31.9. The SMILES string of the molecule is SC1CCC=CCCC(S)CCCC1. The topological polar surface area (TPSA) is 0 Å². The highest BCUT2D eigenvalue weighted by Crippen LogP contribution is 2.19. The zero-order chi connectivity index (χ0) is 10.2. The molecule has 2 heteroatoms. The summed E-state index contributed by atoms with van der Waals surface area (Å²) in [6.45, 7) is 0. The number of hydrogen-bond acceptors (Lipinski definition) is 2. The largest absolute Gasteiger partial charge is 0.176 e. The molecule has 2 unspecified atom stereocenters. The fourth-order valence-corrected chi connectivity index (χ4v) is 2.52. The van der Waals surface area contributed by atoms with Crippen molar-refractivity contribution in [1.29, 1.82) is 0 Å². The van der Waals surface area contributed by atoms with E-state index in [1.54, 1.807) is 0 Å². The Kier molecular flexibility index (Phi) is 6.88. The van der Waals surface area contributed by atoms with Gasteiger partial charge in [0.15, 0.2) is 0 Å². The molecule has 0 aromatic rings. The Balaban J connectivity index is 2.30. The van der Waals surface area contributed by atoms with Gasteiger partial charge < -0.3 is 0 Å². The molecule has 0 N–H and O–H groups in total. The first-order valence-electron chi connectivity index (χ1n) is 5.80. The van der Waals surface area contributed by atoms with E-state index in [1.807, 2.05) is 0 Å². The van der Waals surface area contributed by atoms with Gasteiger partial charge in [-0.3, -0.25) is 0 Å². The van der Waals surface area contributed by atoms with Crippen LogP contribution in [0.2, 0.25) is 0 Å². The van der Waals surface area contributed by atoms with E-state index in [4.69, 9.17) is 0 Å². The van der Waals surface area contributed by atoms with E-state index >= 15 is 0 Å². The third-order valence-electron chi connectivity index (χ3n) is 2.82. The van der Waals surface area contributed by atoms with Crippen LogP contribution in [0.3, 0.4) is 0 Å². The lowest BCUT2D eigenvalue weighted by molar-refractivity contribution is 0.584. The summed E-state index contributed by atoms with van der Waals surface area (Å²) < 4.78 is 0. The van der Waals surface area contributed by atoms with Gasteiger partial charge in [-0.2, -0.15) is 25.3 Å². The Morgan fingerprint density at radius 3 is 1.57 bits per heavy atom. The van der Waals surface area contributed by atoms with Crippen LogP contribution in [0, 0.1) is 0 Å². The molecule has 0 saturated carbocycles. The molecular formula is C12H22S2. The van der Waals surface area contributed by atoms with Gasteiger partial charge in [0.25, 0.3) is 0 Å². The maximum atomic E-state index is 4.59. The highest BCUT2D eigenvalue weighted by atomic mass is 32.1. The molecule has 82 valence electrons. The molecule has 0 bridgehead atoms.